The summed E-state index contributed by atoms with van der Waals surface area (Å²) in [7, 11) is 0. The highest BCUT2D eigenvalue weighted by Crippen LogP contribution is 2.29. The molecule has 0 radical (unpaired) electrons. The number of hydrogen-bond donors (Lipinski definition) is 3. The third-order valence-electron chi connectivity index (χ3n) is 4.05. The number of nitrogens with zero attached hydrogens (tertiary/aromatic N) is 1. The molecule has 1 aliphatic rings. The first-order chi connectivity index (χ1) is 10.2. The Bertz CT molecular complexity index is 479. The lowest BCUT2D eigenvalue weighted by Crippen LogP contribution is -2.59. The first kappa shape index (κ1) is 18.1. The summed E-state index contributed by atoms with van der Waals surface area (Å²) in [5, 5.41) is 11.3. The van der Waals surface area contributed by atoms with Gasteiger partial charge in [0.25, 0.3) is 0 Å². The van der Waals surface area contributed by atoms with Gasteiger partial charge in [-0.15, -0.1) is 0 Å². The molecule has 1 fully saturated rings. The number of ketones is 1. The molecule has 0 bridgehead atoms. The van der Waals surface area contributed by atoms with E-state index in [0.717, 1.165) is 0 Å². The van der Waals surface area contributed by atoms with Crippen molar-refractivity contribution in [1.29, 1.82) is 0 Å². The summed E-state index contributed by atoms with van der Waals surface area (Å²) in [6, 6.07) is -0.865. The van der Waals surface area contributed by atoms with Gasteiger partial charge in [-0.05, 0) is 33.1 Å². The maximum absolute atomic E-state index is 12.5. The molecule has 0 aromatic rings. The minimum absolute atomic E-state index is 0.0251. The minimum atomic E-state index is -1.05. The van der Waals surface area contributed by atoms with E-state index in [4.69, 9.17) is 10.8 Å². The van der Waals surface area contributed by atoms with Crippen LogP contribution in [-0.4, -0.2) is 58.2 Å². The van der Waals surface area contributed by atoms with Gasteiger partial charge in [0.15, 0.2) is 5.78 Å². The first-order valence-electron chi connectivity index (χ1n) is 7.26. The van der Waals surface area contributed by atoms with Crippen molar-refractivity contribution in [3.8, 4) is 0 Å². The SMILES string of the molecule is CC(=O)[C@H](CCC(=O)O)NC(=O)[C@]1(C)CCCN1C(=O)CN. The van der Waals surface area contributed by atoms with Crippen molar-refractivity contribution in [3.05, 3.63) is 0 Å². The Morgan fingerprint density at radius 2 is 2.00 bits per heavy atom. The van der Waals surface area contributed by atoms with Gasteiger partial charge in [0.05, 0.1) is 12.6 Å². The lowest BCUT2D eigenvalue weighted by Gasteiger charge is -2.34. The van der Waals surface area contributed by atoms with Crippen molar-refractivity contribution < 1.29 is 24.3 Å². The predicted molar refractivity (Wildman–Crippen MR) is 77.9 cm³/mol. The molecule has 0 aromatic carbocycles. The number of Topliss-reactive ketones (excluding diaryl/α,β-unsaturated/α-hetero) is 1. The van der Waals surface area contributed by atoms with Crippen molar-refractivity contribution in [2.75, 3.05) is 13.1 Å². The molecule has 4 N–H and O–H groups in total. The second-order valence-electron chi connectivity index (χ2n) is 5.70. The van der Waals surface area contributed by atoms with E-state index in [9.17, 15) is 19.2 Å². The maximum Gasteiger partial charge on any atom is 0.303 e. The van der Waals surface area contributed by atoms with E-state index in [2.05, 4.69) is 5.32 Å². The smallest absolute Gasteiger partial charge is 0.303 e. The summed E-state index contributed by atoms with van der Waals surface area (Å²) >= 11 is 0. The van der Waals surface area contributed by atoms with Crippen LogP contribution in [0.15, 0.2) is 0 Å². The quantitative estimate of drug-likeness (QED) is 0.568. The normalized spacial score (nSPS) is 22.2. The highest BCUT2D eigenvalue weighted by atomic mass is 16.4. The van der Waals surface area contributed by atoms with Gasteiger partial charge in [-0.2, -0.15) is 0 Å². The molecule has 2 amide bonds. The zero-order valence-corrected chi connectivity index (χ0v) is 12.9. The summed E-state index contributed by atoms with van der Waals surface area (Å²) in [5.74, 6) is -2.11. The van der Waals surface area contributed by atoms with E-state index in [1.165, 1.54) is 11.8 Å². The molecule has 2 atom stereocenters. The van der Waals surface area contributed by atoms with E-state index in [1.54, 1.807) is 6.92 Å². The third-order valence-corrected chi connectivity index (χ3v) is 4.05. The number of nitrogens with one attached hydrogen (secondary N) is 1. The van der Waals surface area contributed by atoms with Crippen LogP contribution in [0.1, 0.15) is 39.5 Å². The molecule has 1 heterocycles. The van der Waals surface area contributed by atoms with Crippen molar-refractivity contribution >= 4 is 23.6 Å². The fraction of sp³-hybridized carbons (Fsp3) is 0.714. The predicted octanol–water partition coefficient (Wildman–Crippen LogP) is -0.735. The summed E-state index contributed by atoms with van der Waals surface area (Å²) in [5.41, 5.74) is 4.31. The van der Waals surface area contributed by atoms with Crippen molar-refractivity contribution in [2.24, 2.45) is 5.73 Å². The number of likely N-dealkylation sites (tertiary alicyclic amines) is 1. The second kappa shape index (κ2) is 7.35. The van der Waals surface area contributed by atoms with Gasteiger partial charge >= 0.3 is 5.97 Å². The van der Waals surface area contributed by atoms with Crippen LogP contribution in [0, 0.1) is 0 Å². The maximum atomic E-state index is 12.5. The van der Waals surface area contributed by atoms with Gasteiger partial charge in [-0.1, -0.05) is 0 Å². The fourth-order valence-electron chi connectivity index (χ4n) is 2.67. The molecular weight excluding hydrogens is 290 g/mol. The molecule has 0 aromatic heterocycles. The molecular formula is C14H23N3O5. The number of carboxylic acids is 1. The Morgan fingerprint density at radius 3 is 2.50 bits per heavy atom. The van der Waals surface area contributed by atoms with Gasteiger partial charge < -0.3 is 21.1 Å². The number of hydrogen-bond acceptors (Lipinski definition) is 5. The van der Waals surface area contributed by atoms with Crippen molar-refractivity contribution in [1.82, 2.24) is 10.2 Å². The van der Waals surface area contributed by atoms with E-state index < -0.39 is 23.5 Å². The van der Waals surface area contributed by atoms with E-state index in [1.807, 2.05) is 0 Å². The zero-order chi connectivity index (χ0) is 16.9. The third kappa shape index (κ3) is 4.03. The average Bonchev–Trinajstić information content (AvgIpc) is 2.85. The van der Waals surface area contributed by atoms with Gasteiger partial charge in [0.1, 0.15) is 5.54 Å². The van der Waals surface area contributed by atoms with Crippen molar-refractivity contribution in [3.63, 3.8) is 0 Å². The van der Waals surface area contributed by atoms with Crippen LogP contribution in [0.3, 0.4) is 0 Å². The Labute approximate surface area is 129 Å². The molecule has 22 heavy (non-hydrogen) atoms. The van der Waals surface area contributed by atoms with Gasteiger partial charge in [-0.25, -0.2) is 0 Å². The van der Waals surface area contributed by atoms with Gasteiger partial charge in [-0.3, -0.25) is 19.2 Å². The van der Waals surface area contributed by atoms with E-state index in [-0.39, 0.29) is 31.1 Å². The van der Waals surface area contributed by atoms with Crippen LogP contribution < -0.4 is 11.1 Å². The number of aliphatic carboxylic acids is 1. The molecule has 1 aliphatic heterocycles. The number of carbonyl (C=O) groups excluding carboxylic acids is 3. The van der Waals surface area contributed by atoms with Crippen LogP contribution in [0.25, 0.3) is 0 Å². The first-order valence-corrected chi connectivity index (χ1v) is 7.26. The highest BCUT2D eigenvalue weighted by molar-refractivity contribution is 5.95. The zero-order valence-electron chi connectivity index (χ0n) is 12.9. The van der Waals surface area contributed by atoms with Crippen LogP contribution in [0.2, 0.25) is 0 Å². The largest absolute Gasteiger partial charge is 0.481 e. The Kier molecular flexibility index (Phi) is 6.04. The Morgan fingerprint density at radius 1 is 1.36 bits per heavy atom. The van der Waals surface area contributed by atoms with Crippen LogP contribution in [0.4, 0.5) is 0 Å². The van der Waals surface area contributed by atoms with Crippen LogP contribution >= 0.6 is 0 Å². The number of carbonyl (C=O) groups is 4. The van der Waals surface area contributed by atoms with Gasteiger partial charge in [0, 0.05) is 13.0 Å². The van der Waals surface area contributed by atoms with E-state index in [0.29, 0.717) is 19.4 Å². The molecule has 0 unspecified atom stereocenters. The number of amides is 2. The highest BCUT2D eigenvalue weighted by Gasteiger charge is 2.45. The molecule has 0 saturated carbocycles. The molecule has 0 aliphatic carbocycles. The van der Waals surface area contributed by atoms with Crippen molar-refractivity contribution in [2.45, 2.75) is 51.1 Å². The number of rotatable bonds is 7. The number of carboxylic acid groups (broad SMARTS) is 1. The molecule has 1 rings (SSSR count). The fourth-order valence-corrected chi connectivity index (χ4v) is 2.67. The summed E-state index contributed by atoms with van der Waals surface area (Å²) in [6.07, 6.45) is 0.966. The Balaban J connectivity index is 2.81. The number of nitrogens with two attached hydrogens (primary N) is 1. The van der Waals surface area contributed by atoms with Crippen LogP contribution in [0.5, 0.6) is 0 Å². The molecule has 0 spiro atoms. The molecule has 8 nitrogen and oxygen atoms in total. The lowest BCUT2D eigenvalue weighted by molar-refractivity contribution is -0.144. The monoisotopic (exact) mass is 313 g/mol. The topological polar surface area (TPSA) is 130 Å². The van der Waals surface area contributed by atoms with Gasteiger partial charge in [0.2, 0.25) is 11.8 Å². The summed E-state index contributed by atoms with van der Waals surface area (Å²) in [6.45, 7) is 3.20. The average molecular weight is 313 g/mol. The second-order valence-corrected chi connectivity index (χ2v) is 5.70. The van der Waals surface area contributed by atoms with E-state index >= 15 is 0 Å². The molecule has 124 valence electrons. The summed E-state index contributed by atoms with van der Waals surface area (Å²) < 4.78 is 0. The molecule has 8 heteroatoms. The van der Waals surface area contributed by atoms with Crippen LogP contribution in [-0.2, 0) is 19.2 Å². The minimum Gasteiger partial charge on any atom is -0.481 e. The Hall–Kier alpha value is -1.96. The standard InChI is InChI=1S/C14H23N3O5/c1-9(18)10(4-5-12(20)21)16-13(22)14(2)6-3-7-17(14)11(19)8-15/h10H,3-8,15H2,1-2H3,(H,16,22)(H,20,21)/t10-,14-/m0/s1. The molecule has 1 saturated heterocycles. The lowest BCUT2D eigenvalue weighted by atomic mass is 9.96. The summed E-state index contributed by atoms with van der Waals surface area (Å²) in [4.78, 5) is 48.0.